The van der Waals surface area contributed by atoms with Crippen LogP contribution >= 0.6 is 0 Å². The van der Waals surface area contributed by atoms with Gasteiger partial charge in [0.15, 0.2) is 0 Å². The van der Waals surface area contributed by atoms with Crippen molar-refractivity contribution in [1.29, 1.82) is 0 Å². The number of nitrogens with one attached hydrogen (secondary N) is 1. The molecule has 104 valence electrons. The summed E-state index contributed by atoms with van der Waals surface area (Å²) < 4.78 is 0. The molecule has 0 aliphatic carbocycles. The Hall–Kier alpha value is -1.18. The first-order valence-corrected chi connectivity index (χ1v) is 7.90. The van der Waals surface area contributed by atoms with E-state index in [1.165, 1.54) is 62.1 Å². The predicted octanol–water partition coefficient (Wildman–Crippen LogP) is 4.06. The third-order valence-electron chi connectivity index (χ3n) is 4.69. The molecule has 0 bridgehead atoms. The first-order valence-electron chi connectivity index (χ1n) is 7.90. The Kier molecular flexibility index (Phi) is 3.67. The zero-order valence-corrected chi connectivity index (χ0v) is 12.3. The lowest BCUT2D eigenvalue weighted by molar-refractivity contribution is 0.530. The van der Waals surface area contributed by atoms with Crippen LogP contribution in [-0.4, -0.2) is 19.1 Å². The van der Waals surface area contributed by atoms with Crippen LogP contribution in [0.15, 0.2) is 18.2 Å². The molecule has 0 amide bonds. The van der Waals surface area contributed by atoms with Gasteiger partial charge in [0.05, 0.1) is 0 Å². The van der Waals surface area contributed by atoms with E-state index in [2.05, 4.69) is 42.3 Å². The molecule has 0 spiro atoms. The van der Waals surface area contributed by atoms with Gasteiger partial charge in [-0.05, 0) is 62.3 Å². The molecule has 0 saturated carbocycles. The zero-order chi connectivity index (χ0) is 13.2. The van der Waals surface area contributed by atoms with Crippen molar-refractivity contribution in [2.24, 2.45) is 5.92 Å². The molecule has 0 aromatic heterocycles. The van der Waals surface area contributed by atoms with Gasteiger partial charge in [-0.25, -0.2) is 0 Å². The number of benzene rings is 1. The molecule has 2 aliphatic heterocycles. The van der Waals surface area contributed by atoms with E-state index in [0.717, 1.165) is 5.92 Å². The maximum absolute atomic E-state index is 3.59. The van der Waals surface area contributed by atoms with E-state index < -0.39 is 0 Å². The van der Waals surface area contributed by atoms with Crippen molar-refractivity contribution < 1.29 is 0 Å². The Bertz CT molecular complexity index is 441. The van der Waals surface area contributed by atoms with E-state index in [9.17, 15) is 0 Å². The van der Waals surface area contributed by atoms with Crippen LogP contribution in [0.2, 0.25) is 0 Å². The highest BCUT2D eigenvalue weighted by Crippen LogP contribution is 2.32. The molecule has 2 heteroatoms. The lowest BCUT2D eigenvalue weighted by Gasteiger charge is -2.26. The van der Waals surface area contributed by atoms with Gasteiger partial charge in [0.2, 0.25) is 0 Å². The summed E-state index contributed by atoms with van der Waals surface area (Å²) in [5.74, 6) is 0.916. The Balaban J connectivity index is 1.72. The fourth-order valence-corrected chi connectivity index (χ4v) is 3.55. The predicted molar refractivity (Wildman–Crippen MR) is 83.1 cm³/mol. The Labute approximate surface area is 117 Å². The van der Waals surface area contributed by atoms with Gasteiger partial charge in [-0.15, -0.1) is 0 Å². The highest BCUT2D eigenvalue weighted by atomic mass is 15.1. The van der Waals surface area contributed by atoms with E-state index in [1.807, 2.05) is 0 Å². The molecule has 2 nitrogen and oxygen atoms in total. The molecular formula is C17H26N2. The molecule has 2 unspecified atom stereocenters. The number of hydrogen-bond acceptors (Lipinski definition) is 2. The van der Waals surface area contributed by atoms with Gasteiger partial charge in [-0.2, -0.15) is 0 Å². The van der Waals surface area contributed by atoms with Crippen molar-refractivity contribution in [2.45, 2.75) is 52.0 Å². The fourth-order valence-electron chi connectivity index (χ4n) is 3.55. The maximum atomic E-state index is 3.59. The minimum absolute atomic E-state index is 0.624. The van der Waals surface area contributed by atoms with Crippen LogP contribution in [-0.2, 0) is 6.42 Å². The first kappa shape index (κ1) is 12.8. The van der Waals surface area contributed by atoms with E-state index in [-0.39, 0.29) is 0 Å². The van der Waals surface area contributed by atoms with Crippen molar-refractivity contribution in [2.75, 3.05) is 23.3 Å². The average Bonchev–Trinajstić information content (AvgIpc) is 2.87. The second-order valence-corrected chi connectivity index (χ2v) is 6.31. The highest BCUT2D eigenvalue weighted by molar-refractivity contribution is 5.62. The minimum atomic E-state index is 0.624. The molecule has 1 N–H and O–H groups in total. The minimum Gasteiger partial charge on any atom is -0.382 e. The van der Waals surface area contributed by atoms with E-state index in [0.29, 0.717) is 6.04 Å². The van der Waals surface area contributed by atoms with E-state index in [4.69, 9.17) is 0 Å². The van der Waals surface area contributed by atoms with Gasteiger partial charge in [0, 0.05) is 30.5 Å². The van der Waals surface area contributed by atoms with Gasteiger partial charge < -0.3 is 10.2 Å². The lowest BCUT2D eigenvalue weighted by Crippen LogP contribution is -2.23. The molecule has 2 heterocycles. The normalized spacial score (nSPS) is 26.1. The summed E-state index contributed by atoms with van der Waals surface area (Å²) in [5, 5.41) is 3.59. The molecule has 1 saturated heterocycles. The average molecular weight is 258 g/mol. The van der Waals surface area contributed by atoms with Crippen LogP contribution in [0.4, 0.5) is 11.4 Å². The van der Waals surface area contributed by atoms with Crippen LogP contribution in [0.1, 0.15) is 45.1 Å². The quantitative estimate of drug-likeness (QED) is 0.879. The largest absolute Gasteiger partial charge is 0.382 e. The van der Waals surface area contributed by atoms with Crippen molar-refractivity contribution in [1.82, 2.24) is 0 Å². The molecule has 3 rings (SSSR count). The van der Waals surface area contributed by atoms with Crippen LogP contribution < -0.4 is 10.2 Å². The molecule has 19 heavy (non-hydrogen) atoms. The van der Waals surface area contributed by atoms with Crippen LogP contribution in [0, 0.1) is 5.92 Å². The number of nitrogens with zero attached hydrogens (tertiary/aromatic N) is 1. The monoisotopic (exact) mass is 258 g/mol. The molecule has 2 aliphatic rings. The molecule has 2 atom stereocenters. The molecule has 1 aromatic carbocycles. The van der Waals surface area contributed by atoms with Gasteiger partial charge in [-0.3, -0.25) is 0 Å². The Morgan fingerprint density at radius 1 is 1.32 bits per heavy atom. The topological polar surface area (TPSA) is 15.3 Å². The number of aryl methyl sites for hydroxylation is 1. The first-order chi connectivity index (χ1) is 9.26. The highest BCUT2D eigenvalue weighted by Gasteiger charge is 2.23. The smallest absolute Gasteiger partial charge is 0.0376 e. The standard InChI is InChI=1S/C17H26N2/c1-3-4-14-9-10-19(12-14)16-7-8-17-15(11-16)6-5-13(2)18-17/h7-8,11,13-14,18H,3-6,9-10,12H2,1-2H3. The second-order valence-electron chi connectivity index (χ2n) is 6.31. The third-order valence-corrected chi connectivity index (χ3v) is 4.69. The molecule has 0 radical (unpaired) electrons. The van der Waals surface area contributed by atoms with Crippen LogP contribution in [0.3, 0.4) is 0 Å². The van der Waals surface area contributed by atoms with Crippen LogP contribution in [0.25, 0.3) is 0 Å². The second kappa shape index (κ2) is 5.44. The summed E-state index contributed by atoms with van der Waals surface area (Å²) >= 11 is 0. The van der Waals surface area contributed by atoms with Gasteiger partial charge in [0.1, 0.15) is 0 Å². The lowest BCUT2D eigenvalue weighted by atomic mass is 9.98. The number of fused-ring (bicyclic) bond motifs is 1. The van der Waals surface area contributed by atoms with Crippen molar-refractivity contribution in [3.05, 3.63) is 23.8 Å². The summed E-state index contributed by atoms with van der Waals surface area (Å²) in [7, 11) is 0. The zero-order valence-electron chi connectivity index (χ0n) is 12.3. The maximum Gasteiger partial charge on any atom is 0.0376 e. The molecule has 1 aromatic rings. The van der Waals surface area contributed by atoms with Gasteiger partial charge >= 0.3 is 0 Å². The summed E-state index contributed by atoms with van der Waals surface area (Å²) in [6.45, 7) is 7.07. The van der Waals surface area contributed by atoms with E-state index >= 15 is 0 Å². The Morgan fingerprint density at radius 2 is 2.21 bits per heavy atom. The summed E-state index contributed by atoms with van der Waals surface area (Å²) in [6, 6.07) is 7.63. The third kappa shape index (κ3) is 2.72. The number of hydrogen-bond donors (Lipinski definition) is 1. The van der Waals surface area contributed by atoms with Crippen molar-refractivity contribution >= 4 is 11.4 Å². The number of rotatable bonds is 3. The SMILES string of the molecule is CCCC1CCN(c2ccc3c(c2)CCC(C)N3)C1. The Morgan fingerprint density at radius 3 is 3.05 bits per heavy atom. The fraction of sp³-hybridized carbons (Fsp3) is 0.647. The van der Waals surface area contributed by atoms with Gasteiger partial charge in [-0.1, -0.05) is 13.3 Å². The van der Waals surface area contributed by atoms with Crippen LogP contribution in [0.5, 0.6) is 0 Å². The van der Waals surface area contributed by atoms with E-state index in [1.54, 1.807) is 0 Å². The summed E-state index contributed by atoms with van der Waals surface area (Å²) in [6.07, 6.45) is 6.57. The van der Waals surface area contributed by atoms with Crippen molar-refractivity contribution in [3.8, 4) is 0 Å². The van der Waals surface area contributed by atoms with Gasteiger partial charge in [0.25, 0.3) is 0 Å². The molecule has 1 fully saturated rings. The number of anilines is 2. The summed E-state index contributed by atoms with van der Waals surface area (Å²) in [4.78, 5) is 2.58. The molecular weight excluding hydrogens is 232 g/mol. The van der Waals surface area contributed by atoms with Crippen molar-refractivity contribution in [3.63, 3.8) is 0 Å². The summed E-state index contributed by atoms with van der Waals surface area (Å²) in [5.41, 5.74) is 4.30.